The molecular weight excluding hydrogens is 472 g/mol. The number of halogens is 2. The van der Waals surface area contributed by atoms with Gasteiger partial charge in [-0.1, -0.05) is 15.9 Å². The largest absolute Gasteiger partial charge is 0.280 e. The molecule has 0 radical (unpaired) electrons. The molecule has 0 aliphatic rings. The molecule has 0 saturated heterocycles. The van der Waals surface area contributed by atoms with Gasteiger partial charge in [0, 0.05) is 14.6 Å². The molecule has 2 aromatic carbocycles. The summed E-state index contributed by atoms with van der Waals surface area (Å²) in [6, 6.07) is 10.2. The van der Waals surface area contributed by atoms with Crippen molar-refractivity contribution in [2.45, 2.75) is 9.79 Å². The van der Waals surface area contributed by atoms with Gasteiger partial charge in [0.1, 0.15) is 4.90 Å². The van der Waals surface area contributed by atoms with E-state index in [9.17, 15) is 16.8 Å². The van der Waals surface area contributed by atoms with E-state index in [1.54, 1.807) is 12.1 Å². The van der Waals surface area contributed by atoms with Gasteiger partial charge in [-0.05, 0) is 65.4 Å². The minimum Gasteiger partial charge on any atom is -0.280 e. The summed E-state index contributed by atoms with van der Waals surface area (Å²) in [7, 11) is -6.07. The van der Waals surface area contributed by atoms with Crippen LogP contribution in [0.5, 0.6) is 0 Å². The first-order valence-electron chi connectivity index (χ1n) is 6.17. The highest BCUT2D eigenvalue weighted by Crippen LogP contribution is 2.27. The van der Waals surface area contributed by atoms with Gasteiger partial charge in [-0.3, -0.25) is 4.72 Å². The quantitative estimate of drug-likeness (QED) is 0.683. The molecule has 6 nitrogen and oxygen atoms in total. The Morgan fingerprint density at radius 1 is 0.870 bits per heavy atom. The van der Waals surface area contributed by atoms with Crippen LogP contribution in [-0.4, -0.2) is 23.9 Å². The van der Waals surface area contributed by atoms with Crippen LogP contribution >= 0.6 is 31.9 Å². The van der Waals surface area contributed by atoms with Crippen molar-refractivity contribution in [3.8, 4) is 0 Å². The van der Waals surface area contributed by atoms with Crippen LogP contribution in [0.2, 0.25) is 0 Å². The molecule has 0 aliphatic carbocycles. The zero-order valence-electron chi connectivity index (χ0n) is 11.7. The molecule has 10 heteroatoms. The highest BCUT2D eigenvalue weighted by atomic mass is 79.9. The van der Waals surface area contributed by atoms with Gasteiger partial charge in [-0.2, -0.15) is 0 Å². The van der Waals surface area contributed by atoms with E-state index in [0.717, 1.165) is 0 Å². The molecule has 0 spiro atoms. The average Bonchev–Trinajstić information content (AvgIpc) is 2.49. The molecule has 0 amide bonds. The standard InChI is InChI=1S/C13H12Br2N2O4S2/c1-16-22(18,19)11-5-3-10(4-6-11)17-23(20,21)13-8-9(14)2-7-12(13)15/h2-8,16-17H,1H3. The molecule has 0 unspecified atom stereocenters. The van der Waals surface area contributed by atoms with Gasteiger partial charge < -0.3 is 0 Å². The van der Waals surface area contributed by atoms with Crippen LogP contribution in [-0.2, 0) is 20.0 Å². The van der Waals surface area contributed by atoms with Crippen molar-refractivity contribution in [2.24, 2.45) is 0 Å². The Balaban J connectivity index is 2.33. The van der Waals surface area contributed by atoms with E-state index in [1.807, 2.05) is 0 Å². The molecule has 0 atom stereocenters. The maximum atomic E-state index is 12.4. The number of hydrogen-bond donors (Lipinski definition) is 2. The lowest BCUT2D eigenvalue weighted by molar-refractivity contribution is 0.588. The fourth-order valence-corrected chi connectivity index (χ4v) is 5.01. The van der Waals surface area contributed by atoms with E-state index in [0.29, 0.717) is 8.95 Å². The SMILES string of the molecule is CNS(=O)(=O)c1ccc(NS(=O)(=O)c2cc(Br)ccc2Br)cc1. The number of benzene rings is 2. The number of nitrogens with one attached hydrogen (secondary N) is 2. The van der Waals surface area contributed by atoms with Crippen molar-refractivity contribution in [3.05, 3.63) is 51.4 Å². The molecule has 0 heterocycles. The second kappa shape index (κ2) is 6.89. The molecule has 0 aromatic heterocycles. The molecule has 23 heavy (non-hydrogen) atoms. The van der Waals surface area contributed by atoms with Crippen LogP contribution in [0.4, 0.5) is 5.69 Å². The number of anilines is 1. The maximum absolute atomic E-state index is 12.4. The Bertz CT molecular complexity index is 927. The monoisotopic (exact) mass is 482 g/mol. The van der Waals surface area contributed by atoms with E-state index in [-0.39, 0.29) is 15.5 Å². The first kappa shape index (κ1) is 18.4. The third-order valence-electron chi connectivity index (χ3n) is 2.87. The first-order chi connectivity index (χ1) is 10.7. The summed E-state index contributed by atoms with van der Waals surface area (Å²) < 4.78 is 53.8. The Morgan fingerprint density at radius 3 is 2.04 bits per heavy atom. The Labute approximate surface area is 151 Å². The van der Waals surface area contributed by atoms with Gasteiger partial charge in [0.2, 0.25) is 10.0 Å². The minimum atomic E-state index is -3.81. The van der Waals surface area contributed by atoms with Crippen molar-refractivity contribution in [3.63, 3.8) is 0 Å². The van der Waals surface area contributed by atoms with Crippen molar-refractivity contribution >= 4 is 57.6 Å². The van der Waals surface area contributed by atoms with Gasteiger partial charge >= 0.3 is 0 Å². The molecule has 0 aliphatic heterocycles. The molecule has 0 bridgehead atoms. The molecular formula is C13H12Br2N2O4S2. The topological polar surface area (TPSA) is 92.3 Å². The molecule has 2 aromatic rings. The van der Waals surface area contributed by atoms with E-state index in [4.69, 9.17) is 0 Å². The zero-order chi connectivity index (χ0) is 17.3. The Hall–Kier alpha value is -0.940. The third-order valence-corrected chi connectivity index (χ3v) is 7.17. The zero-order valence-corrected chi connectivity index (χ0v) is 16.6. The van der Waals surface area contributed by atoms with Crippen LogP contribution in [0.15, 0.2) is 61.2 Å². The summed E-state index contributed by atoms with van der Waals surface area (Å²) in [6.07, 6.45) is 0. The van der Waals surface area contributed by atoms with Crippen LogP contribution in [0.3, 0.4) is 0 Å². The van der Waals surface area contributed by atoms with Crippen molar-refractivity contribution in [1.82, 2.24) is 4.72 Å². The van der Waals surface area contributed by atoms with Gasteiger partial charge in [0.05, 0.1) is 4.90 Å². The van der Waals surface area contributed by atoms with Crippen molar-refractivity contribution in [2.75, 3.05) is 11.8 Å². The van der Waals surface area contributed by atoms with Crippen LogP contribution in [0.25, 0.3) is 0 Å². The van der Waals surface area contributed by atoms with Crippen LogP contribution in [0.1, 0.15) is 0 Å². The summed E-state index contributed by atoms with van der Waals surface area (Å²) in [5.41, 5.74) is 0.256. The summed E-state index contributed by atoms with van der Waals surface area (Å²) in [5, 5.41) is 0. The number of hydrogen-bond acceptors (Lipinski definition) is 4. The summed E-state index contributed by atoms with van der Waals surface area (Å²) in [6.45, 7) is 0. The van der Waals surface area contributed by atoms with E-state index < -0.39 is 20.0 Å². The lowest BCUT2D eigenvalue weighted by atomic mass is 10.3. The lowest BCUT2D eigenvalue weighted by Gasteiger charge is -2.10. The molecule has 0 fully saturated rings. The van der Waals surface area contributed by atoms with Crippen LogP contribution < -0.4 is 9.44 Å². The van der Waals surface area contributed by atoms with Gasteiger partial charge in [-0.25, -0.2) is 21.6 Å². The predicted octanol–water partition coefficient (Wildman–Crippen LogP) is 2.92. The normalized spacial score (nSPS) is 12.1. The maximum Gasteiger partial charge on any atom is 0.263 e. The third kappa shape index (κ3) is 4.32. The van der Waals surface area contributed by atoms with Crippen molar-refractivity contribution in [1.29, 1.82) is 0 Å². The van der Waals surface area contributed by atoms with E-state index in [1.165, 1.54) is 37.4 Å². The Kier molecular flexibility index (Phi) is 5.52. The highest BCUT2D eigenvalue weighted by Gasteiger charge is 2.19. The summed E-state index contributed by atoms with van der Waals surface area (Å²) in [5.74, 6) is 0. The Morgan fingerprint density at radius 2 is 1.48 bits per heavy atom. The molecule has 124 valence electrons. The first-order valence-corrected chi connectivity index (χ1v) is 10.7. The van der Waals surface area contributed by atoms with E-state index in [2.05, 4.69) is 41.3 Å². The van der Waals surface area contributed by atoms with Gasteiger partial charge in [0.15, 0.2) is 0 Å². The highest BCUT2D eigenvalue weighted by molar-refractivity contribution is 9.11. The second-order valence-electron chi connectivity index (χ2n) is 4.41. The fraction of sp³-hybridized carbons (Fsp3) is 0.0769. The van der Waals surface area contributed by atoms with Gasteiger partial charge in [-0.15, -0.1) is 0 Å². The predicted molar refractivity (Wildman–Crippen MR) is 95.3 cm³/mol. The van der Waals surface area contributed by atoms with Gasteiger partial charge in [0.25, 0.3) is 10.0 Å². The second-order valence-corrected chi connectivity index (χ2v) is 9.72. The van der Waals surface area contributed by atoms with Crippen molar-refractivity contribution < 1.29 is 16.8 Å². The minimum absolute atomic E-state index is 0.0478. The summed E-state index contributed by atoms with van der Waals surface area (Å²) >= 11 is 6.43. The number of sulfonamides is 2. The summed E-state index contributed by atoms with van der Waals surface area (Å²) in [4.78, 5) is 0.116. The lowest BCUT2D eigenvalue weighted by Crippen LogP contribution is -2.18. The number of rotatable bonds is 5. The van der Waals surface area contributed by atoms with Crippen LogP contribution in [0, 0.1) is 0 Å². The molecule has 2 N–H and O–H groups in total. The molecule has 0 saturated carbocycles. The molecule has 2 rings (SSSR count). The average molecular weight is 484 g/mol. The smallest absolute Gasteiger partial charge is 0.263 e. The fourth-order valence-electron chi connectivity index (χ4n) is 1.71. The van der Waals surface area contributed by atoms with E-state index >= 15 is 0 Å².